The highest BCUT2D eigenvalue weighted by molar-refractivity contribution is 6.32. The van der Waals surface area contributed by atoms with Crippen LogP contribution in [0.25, 0.3) is 0 Å². The number of aryl methyl sites for hydroxylation is 1. The highest BCUT2D eigenvalue weighted by Gasteiger charge is 2.16. The largest absolute Gasteiger partial charge is 0.452 e. The summed E-state index contributed by atoms with van der Waals surface area (Å²) in [7, 11) is 0. The maximum absolute atomic E-state index is 11.9. The molecule has 0 aliphatic rings. The Bertz CT molecular complexity index is 518. The second kappa shape index (κ2) is 5.14. The standard InChI is InChI=1S/C11H12ClN3O2/c1-2-4-15-10(13-7-14-15)6-9(16)8-3-5-17-11(8)12/h3,5,7H,2,4,6H2,1H3. The lowest BCUT2D eigenvalue weighted by molar-refractivity contribution is 0.0989. The molecule has 6 heteroatoms. The number of aromatic nitrogens is 3. The van der Waals surface area contributed by atoms with Gasteiger partial charge in [0, 0.05) is 6.54 Å². The van der Waals surface area contributed by atoms with Gasteiger partial charge >= 0.3 is 0 Å². The molecule has 0 saturated carbocycles. The number of hydrogen-bond donors (Lipinski definition) is 0. The molecular formula is C11H12ClN3O2. The zero-order chi connectivity index (χ0) is 12.3. The Morgan fingerprint density at radius 1 is 1.59 bits per heavy atom. The number of hydrogen-bond acceptors (Lipinski definition) is 4. The average Bonchev–Trinajstić information content (AvgIpc) is 2.89. The van der Waals surface area contributed by atoms with Crippen LogP contribution in [0.2, 0.25) is 5.22 Å². The summed E-state index contributed by atoms with van der Waals surface area (Å²) in [6.07, 6.45) is 3.97. The summed E-state index contributed by atoms with van der Waals surface area (Å²) in [5.74, 6) is 0.531. The molecule has 0 saturated heterocycles. The highest BCUT2D eigenvalue weighted by atomic mass is 35.5. The Balaban J connectivity index is 2.13. The third-order valence-electron chi connectivity index (χ3n) is 2.37. The summed E-state index contributed by atoms with van der Waals surface area (Å²) in [5, 5.41) is 4.18. The smallest absolute Gasteiger partial charge is 0.203 e. The Hall–Kier alpha value is -1.62. The lowest BCUT2D eigenvalue weighted by Crippen LogP contribution is -2.11. The number of rotatable bonds is 5. The first kappa shape index (κ1) is 11.9. The van der Waals surface area contributed by atoms with Crippen LogP contribution < -0.4 is 0 Å². The van der Waals surface area contributed by atoms with E-state index >= 15 is 0 Å². The monoisotopic (exact) mass is 253 g/mol. The summed E-state index contributed by atoms with van der Waals surface area (Å²) < 4.78 is 6.61. The maximum Gasteiger partial charge on any atom is 0.203 e. The van der Waals surface area contributed by atoms with Crippen molar-refractivity contribution in [1.29, 1.82) is 0 Å². The van der Waals surface area contributed by atoms with Crippen LogP contribution in [0.3, 0.4) is 0 Å². The van der Waals surface area contributed by atoms with Gasteiger partial charge in [0.2, 0.25) is 5.22 Å². The van der Waals surface area contributed by atoms with Crippen molar-refractivity contribution in [2.45, 2.75) is 26.3 Å². The minimum atomic E-state index is -0.117. The molecule has 90 valence electrons. The quantitative estimate of drug-likeness (QED) is 0.768. The third kappa shape index (κ3) is 2.55. The van der Waals surface area contributed by atoms with Gasteiger partial charge in [-0.15, -0.1) is 0 Å². The van der Waals surface area contributed by atoms with Crippen LogP contribution >= 0.6 is 11.6 Å². The zero-order valence-electron chi connectivity index (χ0n) is 9.39. The third-order valence-corrected chi connectivity index (χ3v) is 2.66. The molecule has 0 aliphatic carbocycles. The fourth-order valence-corrected chi connectivity index (χ4v) is 1.78. The van der Waals surface area contributed by atoms with Gasteiger partial charge in [-0.25, -0.2) is 9.67 Å². The predicted octanol–water partition coefficient (Wildman–Crippen LogP) is 2.36. The van der Waals surface area contributed by atoms with Gasteiger partial charge in [-0.2, -0.15) is 5.10 Å². The van der Waals surface area contributed by atoms with Crippen molar-refractivity contribution in [1.82, 2.24) is 14.8 Å². The predicted molar refractivity (Wildman–Crippen MR) is 62.1 cm³/mol. The molecule has 0 unspecified atom stereocenters. The van der Waals surface area contributed by atoms with E-state index in [0.29, 0.717) is 11.4 Å². The van der Waals surface area contributed by atoms with Crippen LogP contribution in [-0.4, -0.2) is 20.5 Å². The molecule has 2 aromatic heterocycles. The number of halogens is 1. The van der Waals surface area contributed by atoms with Crippen molar-refractivity contribution < 1.29 is 9.21 Å². The van der Waals surface area contributed by atoms with Gasteiger partial charge in [0.1, 0.15) is 12.2 Å². The van der Waals surface area contributed by atoms with Crippen molar-refractivity contribution in [2.24, 2.45) is 0 Å². The Labute approximate surface area is 103 Å². The normalized spacial score (nSPS) is 10.7. The molecule has 2 heterocycles. The van der Waals surface area contributed by atoms with Gasteiger partial charge in [-0.1, -0.05) is 6.92 Å². The van der Waals surface area contributed by atoms with E-state index in [1.165, 1.54) is 12.6 Å². The molecule has 0 aliphatic heterocycles. The first-order valence-corrected chi connectivity index (χ1v) is 5.73. The fraction of sp³-hybridized carbons (Fsp3) is 0.364. The molecule has 17 heavy (non-hydrogen) atoms. The van der Waals surface area contributed by atoms with Crippen LogP contribution in [0.4, 0.5) is 0 Å². The number of ketones is 1. The number of Topliss-reactive ketones (excluding diaryl/α,β-unsaturated/α-hetero) is 1. The van der Waals surface area contributed by atoms with Crippen LogP contribution in [-0.2, 0) is 13.0 Å². The summed E-state index contributed by atoms with van der Waals surface area (Å²) in [6.45, 7) is 2.79. The molecule has 0 N–H and O–H groups in total. The summed E-state index contributed by atoms with van der Waals surface area (Å²) >= 11 is 5.75. The molecule has 0 radical (unpaired) electrons. The van der Waals surface area contributed by atoms with Crippen LogP contribution in [0.5, 0.6) is 0 Å². The van der Waals surface area contributed by atoms with Crippen LogP contribution in [0.15, 0.2) is 23.1 Å². The van der Waals surface area contributed by atoms with E-state index in [1.54, 1.807) is 10.7 Å². The van der Waals surface area contributed by atoms with Crippen molar-refractivity contribution in [2.75, 3.05) is 0 Å². The van der Waals surface area contributed by atoms with Gasteiger partial charge in [0.25, 0.3) is 0 Å². The van der Waals surface area contributed by atoms with E-state index in [0.717, 1.165) is 13.0 Å². The summed E-state index contributed by atoms with van der Waals surface area (Å²) in [5.41, 5.74) is 0.387. The minimum Gasteiger partial charge on any atom is -0.452 e. The number of carbonyl (C=O) groups excluding carboxylic acids is 1. The molecular weight excluding hydrogens is 242 g/mol. The summed E-state index contributed by atoms with van der Waals surface area (Å²) in [6, 6.07) is 1.56. The van der Waals surface area contributed by atoms with Gasteiger partial charge in [0.05, 0.1) is 18.2 Å². The molecule has 2 rings (SSSR count). The lowest BCUT2D eigenvalue weighted by atomic mass is 10.1. The minimum absolute atomic E-state index is 0.117. The topological polar surface area (TPSA) is 60.9 Å². The molecule has 0 spiro atoms. The molecule has 0 atom stereocenters. The van der Waals surface area contributed by atoms with Crippen molar-refractivity contribution in [3.05, 3.63) is 35.3 Å². The van der Waals surface area contributed by atoms with Crippen LogP contribution in [0.1, 0.15) is 29.5 Å². The number of nitrogens with zero attached hydrogens (tertiary/aromatic N) is 3. The molecule has 0 amide bonds. The van der Waals surface area contributed by atoms with Gasteiger partial charge < -0.3 is 4.42 Å². The van der Waals surface area contributed by atoms with Gasteiger partial charge in [0.15, 0.2) is 5.78 Å². The number of furan rings is 1. The highest BCUT2D eigenvalue weighted by Crippen LogP contribution is 2.18. The number of carbonyl (C=O) groups is 1. The lowest BCUT2D eigenvalue weighted by Gasteiger charge is -2.02. The van der Waals surface area contributed by atoms with E-state index < -0.39 is 0 Å². The van der Waals surface area contributed by atoms with Crippen LogP contribution in [0, 0.1) is 0 Å². The second-order valence-corrected chi connectivity index (χ2v) is 3.95. The fourth-order valence-electron chi connectivity index (χ4n) is 1.56. The maximum atomic E-state index is 11.9. The van der Waals surface area contributed by atoms with Crippen molar-refractivity contribution in [3.8, 4) is 0 Å². The van der Waals surface area contributed by atoms with Gasteiger partial charge in [-0.05, 0) is 24.1 Å². The first-order chi connectivity index (χ1) is 8.22. The Kier molecular flexibility index (Phi) is 3.58. The molecule has 0 bridgehead atoms. The Morgan fingerprint density at radius 3 is 3.06 bits per heavy atom. The molecule has 0 fully saturated rings. The second-order valence-electron chi connectivity index (χ2n) is 3.61. The molecule has 2 aromatic rings. The average molecular weight is 254 g/mol. The molecule has 0 aromatic carbocycles. The SMILES string of the molecule is CCCn1ncnc1CC(=O)c1ccoc1Cl. The summed E-state index contributed by atoms with van der Waals surface area (Å²) in [4.78, 5) is 16.0. The van der Waals surface area contributed by atoms with E-state index in [-0.39, 0.29) is 17.4 Å². The van der Waals surface area contributed by atoms with E-state index in [1.807, 2.05) is 6.92 Å². The zero-order valence-corrected chi connectivity index (χ0v) is 10.1. The Morgan fingerprint density at radius 2 is 2.41 bits per heavy atom. The molecule has 5 nitrogen and oxygen atoms in total. The van der Waals surface area contributed by atoms with Crippen molar-refractivity contribution in [3.63, 3.8) is 0 Å². The van der Waals surface area contributed by atoms with Gasteiger partial charge in [-0.3, -0.25) is 4.79 Å². The van der Waals surface area contributed by atoms with E-state index in [2.05, 4.69) is 10.1 Å². The van der Waals surface area contributed by atoms with E-state index in [4.69, 9.17) is 16.0 Å². The van der Waals surface area contributed by atoms with E-state index in [9.17, 15) is 4.79 Å². The first-order valence-electron chi connectivity index (χ1n) is 5.35. The van der Waals surface area contributed by atoms with Crippen molar-refractivity contribution >= 4 is 17.4 Å².